The van der Waals surface area contributed by atoms with Crippen LogP contribution in [0.5, 0.6) is 0 Å². The van der Waals surface area contributed by atoms with Crippen LogP contribution in [0.2, 0.25) is 0 Å². The molecular weight excluding hydrogens is 359 g/mol. The number of aromatic nitrogens is 4. The van der Waals surface area contributed by atoms with Gasteiger partial charge in [0.05, 0.1) is 42.6 Å². The molecule has 0 N–H and O–H groups in total. The Labute approximate surface area is 161 Å². The molecule has 144 valence electrons. The Morgan fingerprint density at radius 1 is 1.11 bits per heavy atom. The molecule has 2 aromatic heterocycles. The van der Waals surface area contributed by atoms with E-state index in [1.807, 2.05) is 10.7 Å². The molecule has 28 heavy (non-hydrogen) atoms. The molecule has 0 aliphatic carbocycles. The van der Waals surface area contributed by atoms with Crippen molar-refractivity contribution in [2.24, 2.45) is 5.92 Å². The number of esters is 1. The highest BCUT2D eigenvalue weighted by Gasteiger charge is 2.14. The first-order valence-corrected chi connectivity index (χ1v) is 9.14. The first kappa shape index (κ1) is 18.2. The average molecular weight is 380 g/mol. The van der Waals surface area contributed by atoms with Gasteiger partial charge in [-0.05, 0) is 36.2 Å². The van der Waals surface area contributed by atoms with Gasteiger partial charge in [0.15, 0.2) is 0 Å². The number of carbonyl (C=O) groups is 1. The van der Waals surface area contributed by atoms with E-state index in [1.165, 1.54) is 19.2 Å². The number of ether oxygens (including phenoxy) is 1. The minimum absolute atomic E-state index is 0.295. The maximum Gasteiger partial charge on any atom is 0.337 e. The molecule has 7 heteroatoms. The molecule has 0 fully saturated rings. The van der Waals surface area contributed by atoms with Gasteiger partial charge in [0.25, 0.3) is 0 Å². The second-order valence-electron chi connectivity index (χ2n) is 7.29. The van der Waals surface area contributed by atoms with Crippen molar-refractivity contribution in [3.8, 4) is 0 Å². The zero-order valence-corrected chi connectivity index (χ0v) is 16.0. The minimum Gasteiger partial charge on any atom is -0.465 e. The van der Waals surface area contributed by atoms with Crippen molar-refractivity contribution in [1.29, 1.82) is 0 Å². The van der Waals surface area contributed by atoms with Crippen molar-refractivity contribution in [2.45, 2.75) is 26.9 Å². The number of carbonyl (C=O) groups excluding carboxylic acids is 1. The number of rotatable bonds is 5. The summed E-state index contributed by atoms with van der Waals surface area (Å²) in [4.78, 5) is 11.7. The van der Waals surface area contributed by atoms with E-state index in [4.69, 9.17) is 4.74 Å². The van der Waals surface area contributed by atoms with E-state index in [9.17, 15) is 9.18 Å². The molecule has 4 rings (SSSR count). The minimum atomic E-state index is -0.390. The molecule has 0 aliphatic heterocycles. The van der Waals surface area contributed by atoms with Crippen LogP contribution in [0.3, 0.4) is 0 Å². The molecule has 2 heterocycles. The quantitative estimate of drug-likeness (QED) is 0.491. The lowest BCUT2D eigenvalue weighted by molar-refractivity contribution is 0.0601. The highest BCUT2D eigenvalue weighted by Crippen LogP contribution is 2.24. The highest BCUT2D eigenvalue weighted by molar-refractivity contribution is 5.94. The third-order valence-electron chi connectivity index (χ3n) is 4.70. The number of fused-ring (bicyclic) bond motifs is 2. The van der Waals surface area contributed by atoms with Crippen LogP contribution in [0.1, 0.15) is 29.8 Å². The summed E-state index contributed by atoms with van der Waals surface area (Å²) in [6.07, 6.45) is 3.40. The molecule has 6 nitrogen and oxygen atoms in total. The van der Waals surface area contributed by atoms with E-state index < -0.39 is 0 Å². The predicted octanol–water partition coefficient (Wildman–Crippen LogP) is 4.02. The second kappa shape index (κ2) is 7.07. The molecule has 0 saturated carbocycles. The Morgan fingerprint density at radius 2 is 1.86 bits per heavy atom. The summed E-state index contributed by atoms with van der Waals surface area (Å²) >= 11 is 0. The fourth-order valence-corrected chi connectivity index (χ4v) is 3.51. The van der Waals surface area contributed by atoms with Crippen molar-refractivity contribution in [2.75, 3.05) is 7.11 Å². The lowest BCUT2D eigenvalue weighted by atomic mass is 10.1. The van der Waals surface area contributed by atoms with Gasteiger partial charge in [-0.3, -0.25) is 9.36 Å². The lowest BCUT2D eigenvalue weighted by Crippen LogP contribution is -2.09. The number of halogens is 1. The smallest absolute Gasteiger partial charge is 0.337 e. The zero-order chi connectivity index (χ0) is 19.8. The van der Waals surface area contributed by atoms with Crippen molar-refractivity contribution in [3.05, 3.63) is 59.7 Å². The normalized spacial score (nSPS) is 11.6. The van der Waals surface area contributed by atoms with E-state index >= 15 is 0 Å². The summed E-state index contributed by atoms with van der Waals surface area (Å²) < 4.78 is 22.7. The second-order valence-corrected chi connectivity index (χ2v) is 7.29. The maximum atomic E-state index is 14.2. The molecule has 0 amide bonds. The van der Waals surface area contributed by atoms with Gasteiger partial charge < -0.3 is 4.74 Å². The molecular formula is C21H21FN4O2. The summed E-state index contributed by atoms with van der Waals surface area (Å²) in [5, 5.41) is 10.5. The number of hydrogen-bond donors (Lipinski definition) is 0. The summed E-state index contributed by atoms with van der Waals surface area (Å²) in [5.74, 6) is -0.265. The number of methoxy groups -OCH3 is 1. The molecule has 0 atom stereocenters. The van der Waals surface area contributed by atoms with Crippen molar-refractivity contribution >= 4 is 27.8 Å². The average Bonchev–Trinajstić information content (AvgIpc) is 3.24. The molecule has 0 radical (unpaired) electrons. The third kappa shape index (κ3) is 3.24. The van der Waals surface area contributed by atoms with E-state index in [0.717, 1.165) is 33.9 Å². The molecule has 0 spiro atoms. The maximum absolute atomic E-state index is 14.2. The summed E-state index contributed by atoms with van der Waals surface area (Å²) in [7, 11) is 1.35. The van der Waals surface area contributed by atoms with Gasteiger partial charge in [-0.25, -0.2) is 9.18 Å². The van der Waals surface area contributed by atoms with Crippen molar-refractivity contribution < 1.29 is 13.9 Å². The van der Waals surface area contributed by atoms with Gasteiger partial charge in [-0.2, -0.15) is 10.2 Å². The monoisotopic (exact) mass is 380 g/mol. The standard InChI is InChI=1S/C21H21FN4O2/c1-13(2)11-26-20-16(10-24-26)7-18(22)8-17(20)12-25-19-5-4-14(21(27)28-3)6-15(19)9-23-25/h4-10,13H,11-12H2,1-3H3. The van der Waals surface area contributed by atoms with Crippen LogP contribution in [0.15, 0.2) is 42.7 Å². The topological polar surface area (TPSA) is 61.9 Å². The van der Waals surface area contributed by atoms with E-state index in [0.29, 0.717) is 18.0 Å². The van der Waals surface area contributed by atoms with E-state index in [2.05, 4.69) is 24.0 Å². The van der Waals surface area contributed by atoms with Crippen molar-refractivity contribution in [1.82, 2.24) is 19.6 Å². The predicted molar refractivity (Wildman–Crippen MR) is 105 cm³/mol. The summed E-state index contributed by atoms with van der Waals surface area (Å²) in [6.45, 7) is 5.40. The number of hydrogen-bond acceptors (Lipinski definition) is 4. The molecule has 0 aliphatic rings. The molecule has 0 bridgehead atoms. The number of nitrogens with zero attached hydrogens (tertiary/aromatic N) is 4. The first-order chi connectivity index (χ1) is 13.5. The Morgan fingerprint density at radius 3 is 2.61 bits per heavy atom. The Bertz CT molecular complexity index is 1180. The largest absolute Gasteiger partial charge is 0.465 e. The molecule has 2 aromatic carbocycles. The van der Waals surface area contributed by atoms with Crippen LogP contribution in [0, 0.1) is 11.7 Å². The molecule has 0 saturated heterocycles. The summed E-state index contributed by atoms with van der Waals surface area (Å²) in [5.41, 5.74) is 3.07. The van der Waals surface area contributed by atoms with Gasteiger partial charge >= 0.3 is 5.97 Å². The van der Waals surface area contributed by atoms with E-state index in [-0.39, 0.29) is 11.8 Å². The SMILES string of the molecule is COC(=O)c1ccc2c(cnn2Cc2cc(F)cc3cnn(CC(C)C)c23)c1. The van der Waals surface area contributed by atoms with E-state index in [1.54, 1.807) is 29.2 Å². The fraction of sp³-hybridized carbons (Fsp3) is 0.286. The Hall–Kier alpha value is -3.22. The van der Waals surface area contributed by atoms with Crippen LogP contribution in [0.25, 0.3) is 21.8 Å². The van der Waals surface area contributed by atoms with Crippen LogP contribution < -0.4 is 0 Å². The zero-order valence-electron chi connectivity index (χ0n) is 16.0. The van der Waals surface area contributed by atoms with Gasteiger partial charge in [-0.1, -0.05) is 13.8 Å². The van der Waals surface area contributed by atoms with Crippen LogP contribution >= 0.6 is 0 Å². The summed E-state index contributed by atoms with van der Waals surface area (Å²) in [6, 6.07) is 8.32. The fourth-order valence-electron chi connectivity index (χ4n) is 3.51. The van der Waals surface area contributed by atoms with Crippen molar-refractivity contribution in [3.63, 3.8) is 0 Å². The van der Waals surface area contributed by atoms with Crippen LogP contribution in [-0.2, 0) is 17.8 Å². The van der Waals surface area contributed by atoms with Gasteiger partial charge in [-0.15, -0.1) is 0 Å². The van der Waals surface area contributed by atoms with Gasteiger partial charge in [0, 0.05) is 22.9 Å². The van der Waals surface area contributed by atoms with Gasteiger partial charge in [0.2, 0.25) is 0 Å². The third-order valence-corrected chi connectivity index (χ3v) is 4.70. The van der Waals surface area contributed by atoms with Crippen LogP contribution in [0.4, 0.5) is 4.39 Å². The van der Waals surface area contributed by atoms with Gasteiger partial charge in [0.1, 0.15) is 5.82 Å². The highest BCUT2D eigenvalue weighted by atomic mass is 19.1. The lowest BCUT2D eigenvalue weighted by Gasteiger charge is -2.11. The Kier molecular flexibility index (Phi) is 4.58. The molecule has 4 aromatic rings. The first-order valence-electron chi connectivity index (χ1n) is 9.14. The molecule has 0 unspecified atom stereocenters. The number of benzene rings is 2. The van der Waals surface area contributed by atoms with Crippen LogP contribution in [-0.4, -0.2) is 32.6 Å². The Balaban J connectivity index is 1.77.